The summed E-state index contributed by atoms with van der Waals surface area (Å²) < 4.78 is 5.65. The summed E-state index contributed by atoms with van der Waals surface area (Å²) in [5.41, 5.74) is 1.00. The van der Waals surface area contributed by atoms with Crippen LogP contribution in [0.3, 0.4) is 0 Å². The molecule has 1 aromatic rings. The number of amides is 1. The lowest BCUT2D eigenvalue weighted by atomic mass is 10.2. The standard InChI is InChI=1S/C18H22N2O2S/c1-2-3-12-22-15-8-6-14(7-9-15)13-16-17(21)19-18(23-16)20-10-4-5-11-20/h6-9,13H,2-5,10-12H2,1H3. The van der Waals surface area contributed by atoms with Crippen molar-refractivity contribution in [3.05, 3.63) is 34.7 Å². The second-order valence-electron chi connectivity index (χ2n) is 5.78. The molecule has 3 rings (SSSR count). The minimum absolute atomic E-state index is 0.125. The van der Waals surface area contributed by atoms with Gasteiger partial charge in [-0.05, 0) is 54.8 Å². The zero-order valence-electron chi connectivity index (χ0n) is 13.5. The van der Waals surface area contributed by atoms with E-state index in [0.717, 1.165) is 49.0 Å². The number of likely N-dealkylation sites (tertiary alicyclic amines) is 1. The van der Waals surface area contributed by atoms with Gasteiger partial charge in [-0.1, -0.05) is 25.5 Å². The van der Waals surface area contributed by atoms with Crippen LogP contribution in [-0.4, -0.2) is 35.7 Å². The van der Waals surface area contributed by atoms with Crippen molar-refractivity contribution in [2.45, 2.75) is 32.6 Å². The normalized spacial score (nSPS) is 19.5. The van der Waals surface area contributed by atoms with E-state index in [1.807, 2.05) is 30.3 Å². The number of unbranched alkanes of at least 4 members (excludes halogenated alkanes) is 1. The van der Waals surface area contributed by atoms with Crippen LogP contribution in [0.15, 0.2) is 34.2 Å². The van der Waals surface area contributed by atoms with Crippen molar-refractivity contribution in [2.75, 3.05) is 19.7 Å². The number of hydrogen-bond donors (Lipinski definition) is 0. The molecular formula is C18H22N2O2S. The van der Waals surface area contributed by atoms with Gasteiger partial charge in [0.1, 0.15) is 5.75 Å². The van der Waals surface area contributed by atoms with Crippen molar-refractivity contribution in [2.24, 2.45) is 4.99 Å². The summed E-state index contributed by atoms with van der Waals surface area (Å²) in [4.78, 5) is 19.2. The van der Waals surface area contributed by atoms with Crippen LogP contribution in [0.4, 0.5) is 0 Å². The van der Waals surface area contributed by atoms with Crippen molar-refractivity contribution in [1.29, 1.82) is 0 Å². The van der Waals surface area contributed by atoms with Gasteiger partial charge in [0.15, 0.2) is 5.17 Å². The van der Waals surface area contributed by atoms with Gasteiger partial charge in [-0.2, -0.15) is 4.99 Å². The van der Waals surface area contributed by atoms with Crippen LogP contribution in [0.5, 0.6) is 5.75 Å². The molecule has 0 aliphatic carbocycles. The van der Waals surface area contributed by atoms with E-state index < -0.39 is 0 Å². The van der Waals surface area contributed by atoms with E-state index in [0.29, 0.717) is 4.91 Å². The second kappa shape index (κ2) is 7.68. The maximum atomic E-state index is 12.1. The smallest absolute Gasteiger partial charge is 0.286 e. The van der Waals surface area contributed by atoms with Gasteiger partial charge in [0.25, 0.3) is 5.91 Å². The summed E-state index contributed by atoms with van der Waals surface area (Å²) in [6.45, 7) is 4.91. The second-order valence-corrected chi connectivity index (χ2v) is 6.78. The number of rotatable bonds is 5. The van der Waals surface area contributed by atoms with Crippen LogP contribution in [0.2, 0.25) is 0 Å². The number of thioether (sulfide) groups is 1. The van der Waals surface area contributed by atoms with Crippen molar-refractivity contribution in [3.8, 4) is 5.75 Å². The number of benzene rings is 1. The highest BCUT2D eigenvalue weighted by atomic mass is 32.2. The van der Waals surface area contributed by atoms with Gasteiger partial charge in [-0.15, -0.1) is 0 Å². The van der Waals surface area contributed by atoms with Crippen molar-refractivity contribution in [3.63, 3.8) is 0 Å². The van der Waals surface area contributed by atoms with E-state index in [-0.39, 0.29) is 5.91 Å². The van der Waals surface area contributed by atoms with Crippen LogP contribution < -0.4 is 4.74 Å². The largest absolute Gasteiger partial charge is 0.494 e. The lowest BCUT2D eigenvalue weighted by molar-refractivity contribution is -0.113. The first-order valence-corrected chi connectivity index (χ1v) is 9.08. The van der Waals surface area contributed by atoms with Gasteiger partial charge < -0.3 is 9.64 Å². The SMILES string of the molecule is CCCCOc1ccc(C=C2SC(N3CCCC3)=NC2=O)cc1. The molecule has 0 bridgehead atoms. The van der Waals surface area contributed by atoms with Gasteiger partial charge in [0, 0.05) is 13.1 Å². The molecular weight excluding hydrogens is 308 g/mol. The molecule has 0 atom stereocenters. The van der Waals surface area contributed by atoms with Crippen LogP contribution in [-0.2, 0) is 4.79 Å². The molecule has 2 aliphatic heterocycles. The monoisotopic (exact) mass is 330 g/mol. The van der Waals surface area contributed by atoms with Gasteiger partial charge in [-0.3, -0.25) is 4.79 Å². The van der Waals surface area contributed by atoms with Crippen LogP contribution in [0.1, 0.15) is 38.2 Å². The first kappa shape index (κ1) is 16.1. The highest BCUT2D eigenvalue weighted by Crippen LogP contribution is 2.31. The molecule has 1 aromatic carbocycles. The number of amidine groups is 1. The third kappa shape index (κ3) is 4.16. The number of carbonyl (C=O) groups excluding carboxylic acids is 1. The molecule has 1 saturated heterocycles. The van der Waals surface area contributed by atoms with E-state index in [1.165, 1.54) is 24.6 Å². The summed E-state index contributed by atoms with van der Waals surface area (Å²) in [7, 11) is 0. The molecule has 23 heavy (non-hydrogen) atoms. The first-order chi connectivity index (χ1) is 11.3. The van der Waals surface area contributed by atoms with Gasteiger partial charge in [0.2, 0.25) is 0 Å². The number of nitrogens with zero attached hydrogens (tertiary/aromatic N) is 2. The molecule has 122 valence electrons. The third-order valence-electron chi connectivity index (χ3n) is 3.93. The summed E-state index contributed by atoms with van der Waals surface area (Å²) in [6, 6.07) is 7.87. The molecule has 5 heteroatoms. The number of ether oxygens (including phenoxy) is 1. The highest BCUT2D eigenvalue weighted by Gasteiger charge is 2.27. The predicted molar refractivity (Wildman–Crippen MR) is 95.7 cm³/mol. The minimum atomic E-state index is -0.125. The van der Waals surface area contributed by atoms with E-state index in [4.69, 9.17) is 4.74 Å². The number of carbonyl (C=O) groups is 1. The average molecular weight is 330 g/mol. The molecule has 4 nitrogen and oxygen atoms in total. The third-order valence-corrected chi connectivity index (χ3v) is 4.97. The molecule has 1 fully saturated rings. The van der Waals surface area contributed by atoms with E-state index in [2.05, 4.69) is 16.8 Å². The number of hydrogen-bond acceptors (Lipinski definition) is 4. The predicted octanol–water partition coefficient (Wildman–Crippen LogP) is 3.93. The van der Waals surface area contributed by atoms with Gasteiger partial charge in [-0.25, -0.2) is 0 Å². The molecule has 0 unspecified atom stereocenters. The summed E-state index contributed by atoms with van der Waals surface area (Å²) >= 11 is 1.49. The van der Waals surface area contributed by atoms with E-state index >= 15 is 0 Å². The Hall–Kier alpha value is -1.75. The number of aliphatic imine (C=N–C) groups is 1. The van der Waals surface area contributed by atoms with Crippen LogP contribution >= 0.6 is 11.8 Å². The maximum absolute atomic E-state index is 12.1. The van der Waals surface area contributed by atoms with Crippen LogP contribution in [0, 0.1) is 0 Å². The molecule has 0 spiro atoms. The average Bonchev–Trinajstić information content (AvgIpc) is 3.20. The van der Waals surface area contributed by atoms with Gasteiger partial charge >= 0.3 is 0 Å². The van der Waals surface area contributed by atoms with Crippen LogP contribution in [0.25, 0.3) is 6.08 Å². The fourth-order valence-electron chi connectivity index (χ4n) is 2.59. The van der Waals surface area contributed by atoms with E-state index in [9.17, 15) is 4.79 Å². The zero-order chi connectivity index (χ0) is 16.1. The Balaban J connectivity index is 1.62. The fraction of sp³-hybridized carbons (Fsp3) is 0.444. The maximum Gasteiger partial charge on any atom is 0.286 e. The summed E-state index contributed by atoms with van der Waals surface area (Å²) in [6.07, 6.45) is 6.48. The lowest BCUT2D eigenvalue weighted by Crippen LogP contribution is -2.23. The van der Waals surface area contributed by atoms with E-state index in [1.54, 1.807) is 0 Å². The quantitative estimate of drug-likeness (QED) is 0.606. The van der Waals surface area contributed by atoms with Crippen molar-refractivity contribution >= 4 is 28.9 Å². The summed E-state index contributed by atoms with van der Waals surface area (Å²) in [5, 5.41) is 0.860. The molecule has 0 aromatic heterocycles. The minimum Gasteiger partial charge on any atom is -0.494 e. The fourth-order valence-corrected chi connectivity index (χ4v) is 3.55. The Morgan fingerprint density at radius 1 is 1.26 bits per heavy atom. The zero-order valence-corrected chi connectivity index (χ0v) is 14.3. The Kier molecular flexibility index (Phi) is 5.39. The van der Waals surface area contributed by atoms with Crippen molar-refractivity contribution in [1.82, 2.24) is 4.90 Å². The van der Waals surface area contributed by atoms with Crippen molar-refractivity contribution < 1.29 is 9.53 Å². The lowest BCUT2D eigenvalue weighted by Gasteiger charge is -2.14. The Labute approximate surface area is 141 Å². The molecule has 2 heterocycles. The first-order valence-electron chi connectivity index (χ1n) is 8.26. The Bertz CT molecular complexity index is 616. The highest BCUT2D eigenvalue weighted by molar-refractivity contribution is 8.18. The molecule has 0 N–H and O–H groups in total. The molecule has 1 amide bonds. The van der Waals surface area contributed by atoms with Gasteiger partial charge in [0.05, 0.1) is 11.5 Å². The molecule has 0 saturated carbocycles. The Morgan fingerprint density at radius 2 is 2.00 bits per heavy atom. The molecule has 2 aliphatic rings. The topological polar surface area (TPSA) is 41.9 Å². The summed E-state index contributed by atoms with van der Waals surface area (Å²) in [5.74, 6) is 0.750. The molecule has 0 radical (unpaired) electrons. The Morgan fingerprint density at radius 3 is 2.70 bits per heavy atom.